The summed E-state index contributed by atoms with van der Waals surface area (Å²) in [6, 6.07) is -0.284. The molecule has 1 atom stereocenters. The van der Waals surface area contributed by atoms with Crippen LogP contribution in [0, 0.1) is 0 Å². The van der Waals surface area contributed by atoms with Crippen molar-refractivity contribution in [2.24, 2.45) is 5.73 Å². The van der Waals surface area contributed by atoms with E-state index in [2.05, 4.69) is 6.92 Å². The van der Waals surface area contributed by atoms with E-state index in [0.29, 0.717) is 0 Å². The van der Waals surface area contributed by atoms with E-state index in [0.717, 1.165) is 19.3 Å². The fourth-order valence-electron chi connectivity index (χ4n) is 1.68. The lowest BCUT2D eigenvalue weighted by atomic mass is 10.0. The third-order valence-corrected chi connectivity index (χ3v) is 2.73. The minimum absolute atomic E-state index is 0.0679. The van der Waals surface area contributed by atoms with Crippen LogP contribution in [0.25, 0.3) is 0 Å². The molecule has 0 spiro atoms. The van der Waals surface area contributed by atoms with Crippen LogP contribution < -0.4 is 5.73 Å². The van der Waals surface area contributed by atoms with Crippen molar-refractivity contribution in [3.8, 4) is 0 Å². The van der Waals surface area contributed by atoms with Gasteiger partial charge in [-0.3, -0.25) is 0 Å². The second kappa shape index (κ2) is 8.85. The summed E-state index contributed by atoms with van der Waals surface area (Å²) >= 11 is 0. The molecule has 0 amide bonds. The van der Waals surface area contributed by atoms with E-state index in [1.807, 2.05) is 0 Å². The third-order valence-electron chi connectivity index (χ3n) is 2.73. The van der Waals surface area contributed by atoms with Gasteiger partial charge in [-0.1, -0.05) is 45.4 Å². The molecule has 0 aromatic carbocycles. The number of halogens is 3. The molecule has 98 valence electrons. The van der Waals surface area contributed by atoms with Crippen molar-refractivity contribution in [3.05, 3.63) is 0 Å². The molecule has 0 aliphatic carbocycles. The number of nitrogens with two attached hydrogens (primary N) is 1. The van der Waals surface area contributed by atoms with E-state index in [-0.39, 0.29) is 12.5 Å². The van der Waals surface area contributed by atoms with Crippen LogP contribution in [0.5, 0.6) is 0 Å². The van der Waals surface area contributed by atoms with Gasteiger partial charge in [-0.15, -0.1) is 0 Å². The highest BCUT2D eigenvalue weighted by molar-refractivity contribution is 4.64. The maximum absolute atomic E-state index is 11.9. The highest BCUT2D eigenvalue weighted by Gasteiger charge is 2.27. The van der Waals surface area contributed by atoms with Crippen LogP contribution in [0.1, 0.15) is 64.7 Å². The fourth-order valence-corrected chi connectivity index (χ4v) is 1.68. The maximum Gasteiger partial charge on any atom is 0.389 e. The van der Waals surface area contributed by atoms with Gasteiger partial charge in [0, 0.05) is 12.5 Å². The maximum atomic E-state index is 11.9. The first kappa shape index (κ1) is 15.8. The van der Waals surface area contributed by atoms with Gasteiger partial charge in [-0.05, 0) is 12.8 Å². The van der Waals surface area contributed by atoms with Crippen molar-refractivity contribution < 1.29 is 13.2 Å². The Morgan fingerprint density at radius 3 is 2.06 bits per heavy atom. The van der Waals surface area contributed by atoms with Gasteiger partial charge < -0.3 is 5.73 Å². The molecule has 1 unspecified atom stereocenters. The van der Waals surface area contributed by atoms with Crippen molar-refractivity contribution in [2.45, 2.75) is 76.9 Å². The van der Waals surface area contributed by atoms with Crippen LogP contribution in [0.3, 0.4) is 0 Å². The lowest BCUT2D eigenvalue weighted by Gasteiger charge is -2.12. The molecule has 2 N–H and O–H groups in total. The predicted octanol–water partition coefficient (Wildman–Crippen LogP) is 4.41. The van der Waals surface area contributed by atoms with Crippen molar-refractivity contribution >= 4 is 0 Å². The standard InChI is InChI=1S/C12H24F3N/c1-2-3-4-5-6-7-8-11(16)9-10-12(13,14)15/h11H,2-10,16H2,1H3. The Balaban J connectivity index is 3.27. The number of unbranched alkanes of at least 4 members (excludes halogenated alkanes) is 5. The average molecular weight is 239 g/mol. The Bertz CT molecular complexity index is 157. The minimum atomic E-state index is -4.06. The summed E-state index contributed by atoms with van der Waals surface area (Å²) in [7, 11) is 0. The third kappa shape index (κ3) is 11.8. The zero-order valence-corrected chi connectivity index (χ0v) is 10.2. The molecule has 0 heterocycles. The highest BCUT2D eigenvalue weighted by Crippen LogP contribution is 2.22. The van der Waals surface area contributed by atoms with E-state index < -0.39 is 12.6 Å². The van der Waals surface area contributed by atoms with Gasteiger partial charge in [-0.25, -0.2) is 0 Å². The topological polar surface area (TPSA) is 26.0 Å². The van der Waals surface area contributed by atoms with Crippen molar-refractivity contribution in [1.82, 2.24) is 0 Å². The molecule has 0 fully saturated rings. The minimum Gasteiger partial charge on any atom is -0.328 e. The molecular formula is C12H24F3N. The summed E-state index contributed by atoms with van der Waals surface area (Å²) in [4.78, 5) is 0. The summed E-state index contributed by atoms with van der Waals surface area (Å²) in [6.45, 7) is 2.16. The first-order chi connectivity index (χ1) is 7.45. The Labute approximate surface area is 96.6 Å². The molecule has 0 bridgehead atoms. The Morgan fingerprint density at radius 1 is 0.938 bits per heavy atom. The van der Waals surface area contributed by atoms with E-state index in [9.17, 15) is 13.2 Å². The van der Waals surface area contributed by atoms with Gasteiger partial charge in [0.25, 0.3) is 0 Å². The van der Waals surface area contributed by atoms with Crippen LogP contribution in [-0.2, 0) is 0 Å². The highest BCUT2D eigenvalue weighted by atomic mass is 19.4. The van der Waals surface area contributed by atoms with Gasteiger partial charge in [-0.2, -0.15) is 13.2 Å². The van der Waals surface area contributed by atoms with Crippen molar-refractivity contribution in [3.63, 3.8) is 0 Å². The van der Waals surface area contributed by atoms with Crippen LogP contribution in [-0.4, -0.2) is 12.2 Å². The van der Waals surface area contributed by atoms with E-state index in [1.165, 1.54) is 25.7 Å². The molecule has 0 saturated carbocycles. The van der Waals surface area contributed by atoms with Crippen molar-refractivity contribution in [2.75, 3.05) is 0 Å². The van der Waals surface area contributed by atoms with E-state index in [1.54, 1.807) is 0 Å². The lowest BCUT2D eigenvalue weighted by molar-refractivity contribution is -0.136. The molecule has 0 aromatic heterocycles. The van der Waals surface area contributed by atoms with Crippen LogP contribution in [0.4, 0.5) is 13.2 Å². The van der Waals surface area contributed by atoms with Crippen LogP contribution in [0.2, 0.25) is 0 Å². The molecule has 1 nitrogen and oxygen atoms in total. The quantitative estimate of drug-likeness (QED) is 0.593. The predicted molar refractivity (Wildman–Crippen MR) is 61.3 cm³/mol. The molecule has 0 aromatic rings. The molecule has 16 heavy (non-hydrogen) atoms. The molecule has 0 aliphatic heterocycles. The molecule has 0 aliphatic rings. The first-order valence-corrected chi connectivity index (χ1v) is 6.28. The number of rotatable bonds is 9. The molecule has 0 rings (SSSR count). The molecule has 0 radical (unpaired) electrons. The monoisotopic (exact) mass is 239 g/mol. The van der Waals surface area contributed by atoms with Gasteiger partial charge in [0.05, 0.1) is 0 Å². The van der Waals surface area contributed by atoms with Gasteiger partial charge in [0.2, 0.25) is 0 Å². The first-order valence-electron chi connectivity index (χ1n) is 6.28. The summed E-state index contributed by atoms with van der Waals surface area (Å²) < 4.78 is 35.7. The number of hydrogen-bond acceptors (Lipinski definition) is 1. The number of hydrogen-bond donors (Lipinski definition) is 1. The second-order valence-electron chi connectivity index (χ2n) is 4.47. The zero-order valence-electron chi connectivity index (χ0n) is 10.2. The van der Waals surface area contributed by atoms with Gasteiger partial charge in [0.1, 0.15) is 0 Å². The summed E-state index contributed by atoms with van der Waals surface area (Å²) in [6.07, 6.45) is 2.92. The average Bonchev–Trinajstić information content (AvgIpc) is 2.19. The molecule has 0 saturated heterocycles. The van der Waals surface area contributed by atoms with Crippen molar-refractivity contribution in [1.29, 1.82) is 0 Å². The van der Waals surface area contributed by atoms with E-state index in [4.69, 9.17) is 5.73 Å². The molecule has 4 heteroatoms. The number of alkyl halides is 3. The smallest absolute Gasteiger partial charge is 0.328 e. The Morgan fingerprint density at radius 2 is 1.50 bits per heavy atom. The van der Waals surface area contributed by atoms with Gasteiger partial charge >= 0.3 is 6.18 Å². The summed E-state index contributed by atoms with van der Waals surface area (Å²) in [5.41, 5.74) is 5.62. The largest absolute Gasteiger partial charge is 0.389 e. The summed E-state index contributed by atoms with van der Waals surface area (Å²) in [5.74, 6) is 0. The Hall–Kier alpha value is -0.250. The van der Waals surface area contributed by atoms with Crippen LogP contribution in [0.15, 0.2) is 0 Å². The second-order valence-corrected chi connectivity index (χ2v) is 4.47. The van der Waals surface area contributed by atoms with Gasteiger partial charge in [0.15, 0.2) is 0 Å². The lowest BCUT2D eigenvalue weighted by Crippen LogP contribution is -2.22. The summed E-state index contributed by atoms with van der Waals surface area (Å²) in [5, 5.41) is 0. The SMILES string of the molecule is CCCCCCCCC(N)CCC(F)(F)F. The van der Waals surface area contributed by atoms with E-state index >= 15 is 0 Å². The van der Waals surface area contributed by atoms with Crippen LogP contribution >= 0.6 is 0 Å². The fraction of sp³-hybridized carbons (Fsp3) is 1.00. The molecular weight excluding hydrogens is 215 g/mol. The Kier molecular flexibility index (Phi) is 8.71. The normalized spacial score (nSPS) is 14.1. The zero-order chi connectivity index (χ0) is 12.4.